The van der Waals surface area contributed by atoms with E-state index < -0.39 is 0 Å². The van der Waals surface area contributed by atoms with E-state index in [4.69, 9.17) is 16.7 Å². The van der Waals surface area contributed by atoms with E-state index in [9.17, 15) is 4.79 Å². The number of carbonyl (C=O) groups excluding carboxylic acids is 1. The fourth-order valence-corrected chi connectivity index (χ4v) is 2.77. The van der Waals surface area contributed by atoms with Crippen molar-refractivity contribution in [2.75, 3.05) is 6.61 Å². The molecule has 5 nitrogen and oxygen atoms in total. The van der Waals surface area contributed by atoms with Crippen LogP contribution in [0.15, 0.2) is 30.5 Å². The molecule has 1 heterocycles. The number of hydrogen-bond acceptors (Lipinski definition) is 3. The van der Waals surface area contributed by atoms with Crippen LogP contribution in [0.4, 0.5) is 0 Å². The molecule has 6 heteroatoms. The van der Waals surface area contributed by atoms with Crippen LogP contribution in [0.25, 0.3) is 5.69 Å². The molecule has 24 heavy (non-hydrogen) atoms. The lowest BCUT2D eigenvalue weighted by atomic mass is 10.0. The zero-order chi connectivity index (χ0) is 17.7. The highest BCUT2D eigenvalue weighted by Gasteiger charge is 2.21. The van der Waals surface area contributed by atoms with E-state index in [1.165, 1.54) is 0 Å². The summed E-state index contributed by atoms with van der Waals surface area (Å²) in [6, 6.07) is 7.38. The zero-order valence-electron chi connectivity index (χ0n) is 14.3. The lowest BCUT2D eigenvalue weighted by molar-refractivity contribution is 0.0935. The van der Waals surface area contributed by atoms with Crippen molar-refractivity contribution in [2.24, 2.45) is 0 Å². The minimum absolute atomic E-state index is 0.00328. The van der Waals surface area contributed by atoms with Crippen molar-refractivity contribution >= 4 is 17.5 Å². The van der Waals surface area contributed by atoms with Gasteiger partial charge in [0.05, 0.1) is 23.1 Å². The van der Waals surface area contributed by atoms with E-state index in [0.717, 1.165) is 17.8 Å². The van der Waals surface area contributed by atoms with Crippen molar-refractivity contribution in [2.45, 2.75) is 45.6 Å². The van der Waals surface area contributed by atoms with Crippen LogP contribution in [-0.4, -0.2) is 33.4 Å². The lowest BCUT2D eigenvalue weighted by Crippen LogP contribution is -2.33. The van der Waals surface area contributed by atoms with Crippen molar-refractivity contribution < 1.29 is 9.90 Å². The first kappa shape index (κ1) is 18.5. The van der Waals surface area contributed by atoms with E-state index in [-0.39, 0.29) is 24.5 Å². The van der Waals surface area contributed by atoms with Gasteiger partial charge in [-0.3, -0.25) is 4.79 Å². The molecule has 0 radical (unpaired) electrons. The van der Waals surface area contributed by atoms with Gasteiger partial charge in [-0.05, 0) is 49.9 Å². The third-order valence-corrected chi connectivity index (χ3v) is 4.09. The first-order valence-corrected chi connectivity index (χ1v) is 8.57. The Kier molecular flexibility index (Phi) is 6.40. The SMILES string of the molecule is CC(CCCO)NC(=O)c1cnn(-c2ccc(Cl)cc2)c1C(C)C. The van der Waals surface area contributed by atoms with Crippen molar-refractivity contribution in [1.29, 1.82) is 0 Å². The molecule has 0 saturated carbocycles. The molecule has 1 aromatic heterocycles. The molecule has 1 amide bonds. The van der Waals surface area contributed by atoms with Gasteiger partial charge in [-0.15, -0.1) is 0 Å². The molecule has 2 aromatic rings. The van der Waals surface area contributed by atoms with E-state index in [1.54, 1.807) is 23.0 Å². The molecule has 130 valence electrons. The first-order valence-electron chi connectivity index (χ1n) is 8.19. The van der Waals surface area contributed by atoms with Crippen LogP contribution in [-0.2, 0) is 0 Å². The average Bonchev–Trinajstić information content (AvgIpc) is 2.99. The Bertz CT molecular complexity index is 680. The molecule has 1 atom stereocenters. The Morgan fingerprint density at radius 3 is 2.54 bits per heavy atom. The molecule has 0 aliphatic heterocycles. The molecule has 1 aromatic carbocycles. The highest BCUT2D eigenvalue weighted by molar-refractivity contribution is 6.30. The van der Waals surface area contributed by atoms with Crippen LogP contribution in [0, 0.1) is 0 Å². The molecule has 0 aliphatic carbocycles. The third kappa shape index (κ3) is 4.36. The second-order valence-corrected chi connectivity index (χ2v) is 6.66. The van der Waals surface area contributed by atoms with Gasteiger partial charge in [0.2, 0.25) is 0 Å². The van der Waals surface area contributed by atoms with Crippen LogP contribution in [0.5, 0.6) is 0 Å². The summed E-state index contributed by atoms with van der Waals surface area (Å²) >= 11 is 5.94. The van der Waals surface area contributed by atoms with Crippen molar-refractivity contribution in [3.05, 3.63) is 46.7 Å². The molecule has 1 unspecified atom stereocenters. The summed E-state index contributed by atoms with van der Waals surface area (Å²) in [4.78, 5) is 12.6. The number of hydrogen-bond donors (Lipinski definition) is 2. The largest absolute Gasteiger partial charge is 0.396 e. The molecule has 0 fully saturated rings. The van der Waals surface area contributed by atoms with Gasteiger partial charge in [-0.2, -0.15) is 5.10 Å². The molecule has 2 N–H and O–H groups in total. The number of aliphatic hydroxyl groups is 1. The van der Waals surface area contributed by atoms with Gasteiger partial charge in [0.15, 0.2) is 0 Å². The maximum absolute atomic E-state index is 12.6. The minimum atomic E-state index is -0.135. The molecule has 0 bridgehead atoms. The quantitative estimate of drug-likeness (QED) is 0.803. The summed E-state index contributed by atoms with van der Waals surface area (Å²) < 4.78 is 1.79. The molecule has 0 saturated heterocycles. The first-order chi connectivity index (χ1) is 11.4. The van der Waals surface area contributed by atoms with Gasteiger partial charge in [-0.1, -0.05) is 25.4 Å². The minimum Gasteiger partial charge on any atom is -0.396 e. The summed E-state index contributed by atoms with van der Waals surface area (Å²) in [5.74, 6) is 0.000953. The average molecular weight is 350 g/mol. The van der Waals surface area contributed by atoms with Gasteiger partial charge in [0, 0.05) is 17.7 Å². The smallest absolute Gasteiger partial charge is 0.254 e. The van der Waals surface area contributed by atoms with E-state index in [0.29, 0.717) is 17.0 Å². The van der Waals surface area contributed by atoms with Crippen LogP contribution in [0.2, 0.25) is 5.02 Å². The Balaban J connectivity index is 2.28. The van der Waals surface area contributed by atoms with Crippen molar-refractivity contribution in [1.82, 2.24) is 15.1 Å². The van der Waals surface area contributed by atoms with Crippen molar-refractivity contribution in [3.8, 4) is 5.69 Å². The van der Waals surface area contributed by atoms with Crippen LogP contribution >= 0.6 is 11.6 Å². The van der Waals surface area contributed by atoms with Crippen molar-refractivity contribution in [3.63, 3.8) is 0 Å². The Morgan fingerprint density at radius 2 is 1.96 bits per heavy atom. The number of amides is 1. The van der Waals surface area contributed by atoms with Gasteiger partial charge in [0.25, 0.3) is 5.91 Å². The number of rotatable bonds is 7. The number of nitrogens with one attached hydrogen (secondary N) is 1. The molecular weight excluding hydrogens is 326 g/mol. The Morgan fingerprint density at radius 1 is 1.29 bits per heavy atom. The summed E-state index contributed by atoms with van der Waals surface area (Å²) in [6.07, 6.45) is 3.02. The Hall–Kier alpha value is -1.85. The molecule has 0 aliphatic rings. The van der Waals surface area contributed by atoms with Gasteiger partial charge in [-0.25, -0.2) is 4.68 Å². The third-order valence-electron chi connectivity index (χ3n) is 3.84. The number of aromatic nitrogens is 2. The van der Waals surface area contributed by atoms with Gasteiger partial charge >= 0.3 is 0 Å². The molecule has 2 rings (SSSR count). The number of carbonyl (C=O) groups is 1. The number of benzene rings is 1. The van der Waals surface area contributed by atoms with E-state index >= 15 is 0 Å². The highest BCUT2D eigenvalue weighted by atomic mass is 35.5. The predicted octanol–water partition coefficient (Wildman–Crippen LogP) is 3.54. The summed E-state index contributed by atoms with van der Waals surface area (Å²) in [6.45, 7) is 6.14. The monoisotopic (exact) mass is 349 g/mol. The second kappa shape index (κ2) is 8.31. The molecular formula is C18H24ClN3O2. The second-order valence-electron chi connectivity index (χ2n) is 6.23. The van der Waals surface area contributed by atoms with Gasteiger partial charge < -0.3 is 10.4 Å². The predicted molar refractivity (Wildman–Crippen MR) is 95.9 cm³/mol. The van der Waals surface area contributed by atoms with Crippen LogP contribution in [0.1, 0.15) is 55.6 Å². The zero-order valence-corrected chi connectivity index (χ0v) is 15.0. The standard InChI is InChI=1S/C18H24ClN3O2/c1-12(2)17-16(18(24)21-13(3)5-4-10-23)11-20-22(17)15-8-6-14(19)7-9-15/h6-9,11-13,23H,4-5,10H2,1-3H3,(H,21,24). The fourth-order valence-electron chi connectivity index (χ4n) is 2.65. The summed E-state index contributed by atoms with van der Waals surface area (Å²) in [5, 5.41) is 16.9. The number of aliphatic hydroxyl groups excluding tert-OH is 1. The highest BCUT2D eigenvalue weighted by Crippen LogP contribution is 2.24. The van der Waals surface area contributed by atoms with E-state index in [1.807, 2.05) is 32.9 Å². The maximum Gasteiger partial charge on any atom is 0.254 e. The van der Waals surface area contributed by atoms with Crippen LogP contribution < -0.4 is 5.32 Å². The van der Waals surface area contributed by atoms with Gasteiger partial charge in [0.1, 0.15) is 0 Å². The lowest BCUT2D eigenvalue weighted by Gasteiger charge is -2.16. The molecule has 0 spiro atoms. The normalized spacial score (nSPS) is 12.4. The van der Waals surface area contributed by atoms with Crippen LogP contribution in [0.3, 0.4) is 0 Å². The Labute approximate surface area is 147 Å². The summed E-state index contributed by atoms with van der Waals surface area (Å²) in [5.41, 5.74) is 2.32. The fraction of sp³-hybridized carbons (Fsp3) is 0.444. The summed E-state index contributed by atoms with van der Waals surface area (Å²) in [7, 11) is 0. The van der Waals surface area contributed by atoms with E-state index in [2.05, 4.69) is 10.4 Å². The maximum atomic E-state index is 12.6. The number of nitrogens with zero attached hydrogens (tertiary/aromatic N) is 2. The number of halogens is 1. The topological polar surface area (TPSA) is 67.2 Å².